The Labute approximate surface area is 188 Å². The van der Waals surface area contributed by atoms with Crippen LogP contribution in [0.25, 0.3) is 0 Å². The summed E-state index contributed by atoms with van der Waals surface area (Å²) < 4.78 is 0. The molecule has 1 saturated carbocycles. The second kappa shape index (κ2) is 7.83. The molecule has 3 rings (SSSR count). The molecule has 0 radical (unpaired) electrons. The molecule has 1 aromatic carbocycles. The van der Waals surface area contributed by atoms with Gasteiger partial charge in [-0.3, -0.25) is 4.79 Å². The van der Waals surface area contributed by atoms with Gasteiger partial charge in [0.25, 0.3) is 0 Å². The summed E-state index contributed by atoms with van der Waals surface area (Å²) >= 11 is 0. The molecule has 0 unspecified atom stereocenters. The number of ketones is 1. The zero-order valence-electron chi connectivity index (χ0n) is 21.0. The van der Waals surface area contributed by atoms with E-state index in [0.717, 1.165) is 28.1 Å². The lowest BCUT2D eigenvalue weighted by molar-refractivity contribution is 0.0977. The van der Waals surface area contributed by atoms with E-state index in [-0.39, 0.29) is 22.0 Å². The lowest BCUT2D eigenvalue weighted by Gasteiger charge is -2.28. The van der Waals surface area contributed by atoms with Gasteiger partial charge in [-0.2, -0.15) is 0 Å². The van der Waals surface area contributed by atoms with E-state index in [1.54, 1.807) is 0 Å². The zero-order chi connectivity index (χ0) is 23.4. The Balaban J connectivity index is 1.89. The number of phenolic OH excluding ortho intramolecular Hbond substituents is 1. The SMILES string of the molecule is CC(C)(C)c1cc(C2CC2)c(C(=O)CCc2cc(C(C)(C)C)c(O)c(C(C)(C)C)c2)[nH]1. The van der Waals surface area contributed by atoms with Gasteiger partial charge in [0.15, 0.2) is 5.78 Å². The molecule has 170 valence electrons. The van der Waals surface area contributed by atoms with Crippen molar-refractivity contribution in [2.75, 3.05) is 0 Å². The third-order valence-corrected chi connectivity index (χ3v) is 6.38. The Morgan fingerprint density at radius 3 is 1.84 bits per heavy atom. The van der Waals surface area contributed by atoms with Crippen LogP contribution in [0.2, 0.25) is 0 Å². The smallest absolute Gasteiger partial charge is 0.179 e. The van der Waals surface area contributed by atoms with Crippen molar-refractivity contribution in [2.24, 2.45) is 0 Å². The highest BCUT2D eigenvalue weighted by Gasteiger charge is 2.32. The number of rotatable bonds is 5. The van der Waals surface area contributed by atoms with Crippen molar-refractivity contribution in [3.8, 4) is 5.75 Å². The summed E-state index contributed by atoms with van der Waals surface area (Å²) in [6.07, 6.45) is 3.52. The number of aromatic amines is 1. The van der Waals surface area contributed by atoms with Gasteiger partial charge in [-0.15, -0.1) is 0 Å². The Hall–Kier alpha value is -2.03. The molecule has 1 aliphatic carbocycles. The average Bonchev–Trinajstić information content (AvgIpc) is 3.35. The Bertz CT molecular complexity index is 935. The van der Waals surface area contributed by atoms with Crippen LogP contribution in [0.4, 0.5) is 0 Å². The molecule has 3 heteroatoms. The zero-order valence-corrected chi connectivity index (χ0v) is 21.0. The number of aryl methyl sites for hydroxylation is 1. The topological polar surface area (TPSA) is 53.1 Å². The number of hydrogen-bond donors (Lipinski definition) is 2. The van der Waals surface area contributed by atoms with Gasteiger partial charge < -0.3 is 10.1 Å². The Morgan fingerprint density at radius 1 is 0.903 bits per heavy atom. The number of aromatic hydroxyl groups is 1. The number of benzene rings is 1. The number of Topliss-reactive ketones (excluding diaryl/α,β-unsaturated/α-hetero) is 1. The van der Waals surface area contributed by atoms with Gasteiger partial charge in [0, 0.05) is 17.5 Å². The quantitative estimate of drug-likeness (QED) is 0.495. The fraction of sp³-hybridized carbons (Fsp3) is 0.607. The summed E-state index contributed by atoms with van der Waals surface area (Å²) in [5.74, 6) is 1.13. The number of H-pyrrole nitrogens is 1. The van der Waals surface area contributed by atoms with E-state index >= 15 is 0 Å². The summed E-state index contributed by atoms with van der Waals surface area (Å²) in [6.45, 7) is 19.3. The predicted octanol–water partition coefficient (Wildman–Crippen LogP) is 7.31. The molecule has 1 aliphatic rings. The minimum atomic E-state index is -0.162. The van der Waals surface area contributed by atoms with Crippen LogP contribution in [0.5, 0.6) is 5.75 Å². The van der Waals surface area contributed by atoms with Crippen molar-refractivity contribution in [1.29, 1.82) is 0 Å². The second-order valence-corrected chi connectivity index (χ2v) is 12.5. The van der Waals surface area contributed by atoms with Gasteiger partial charge in [0.05, 0.1) is 5.69 Å². The fourth-order valence-corrected chi connectivity index (χ4v) is 4.19. The molecule has 1 aromatic heterocycles. The first-order chi connectivity index (χ1) is 14.1. The van der Waals surface area contributed by atoms with Crippen LogP contribution in [-0.4, -0.2) is 15.9 Å². The highest BCUT2D eigenvalue weighted by Crippen LogP contribution is 2.44. The number of aromatic nitrogens is 1. The van der Waals surface area contributed by atoms with Crippen LogP contribution in [-0.2, 0) is 22.7 Å². The van der Waals surface area contributed by atoms with E-state index in [1.807, 2.05) is 0 Å². The van der Waals surface area contributed by atoms with E-state index in [0.29, 0.717) is 24.5 Å². The maximum Gasteiger partial charge on any atom is 0.179 e. The molecular weight excluding hydrogens is 382 g/mol. The van der Waals surface area contributed by atoms with E-state index in [4.69, 9.17) is 0 Å². The molecular formula is C28H41NO2. The molecule has 0 saturated heterocycles. The third kappa shape index (κ3) is 5.25. The van der Waals surface area contributed by atoms with Crippen LogP contribution < -0.4 is 0 Å². The monoisotopic (exact) mass is 423 g/mol. The molecule has 1 fully saturated rings. The molecule has 2 aromatic rings. The predicted molar refractivity (Wildman–Crippen MR) is 130 cm³/mol. The van der Waals surface area contributed by atoms with E-state index in [1.165, 1.54) is 18.4 Å². The number of carbonyl (C=O) groups is 1. The van der Waals surface area contributed by atoms with E-state index in [9.17, 15) is 9.90 Å². The summed E-state index contributed by atoms with van der Waals surface area (Å²) in [6, 6.07) is 6.41. The number of carbonyl (C=O) groups excluding carboxylic acids is 1. The van der Waals surface area contributed by atoms with Crippen LogP contribution in [0, 0.1) is 0 Å². The number of hydrogen-bond acceptors (Lipinski definition) is 2. The summed E-state index contributed by atoms with van der Waals surface area (Å²) in [4.78, 5) is 16.7. The third-order valence-electron chi connectivity index (χ3n) is 6.38. The van der Waals surface area contributed by atoms with Gasteiger partial charge in [-0.25, -0.2) is 0 Å². The summed E-state index contributed by atoms with van der Waals surface area (Å²) in [5.41, 5.74) is 5.89. The maximum atomic E-state index is 13.3. The number of nitrogens with one attached hydrogen (secondary N) is 1. The van der Waals surface area contributed by atoms with Crippen molar-refractivity contribution in [3.05, 3.63) is 51.8 Å². The first-order valence-corrected chi connectivity index (χ1v) is 11.7. The largest absolute Gasteiger partial charge is 0.507 e. The van der Waals surface area contributed by atoms with Crippen LogP contribution in [0.3, 0.4) is 0 Å². The highest BCUT2D eigenvalue weighted by atomic mass is 16.3. The minimum Gasteiger partial charge on any atom is -0.507 e. The lowest BCUT2D eigenvalue weighted by atomic mass is 9.78. The minimum absolute atomic E-state index is 0.00233. The van der Waals surface area contributed by atoms with Crippen LogP contribution >= 0.6 is 0 Å². The van der Waals surface area contributed by atoms with Crippen molar-refractivity contribution in [2.45, 2.75) is 110 Å². The standard InChI is InChI=1S/C28H41NO2/c1-26(2,3)20-14-17(15-21(25(20)31)27(4,5)6)10-13-22(30)24-19(18-11-12-18)16-23(29-24)28(7,8)9/h14-16,18,29,31H,10-13H2,1-9H3. The van der Waals surface area contributed by atoms with Gasteiger partial charge in [-0.05, 0) is 64.3 Å². The van der Waals surface area contributed by atoms with Gasteiger partial charge in [0.1, 0.15) is 5.75 Å². The van der Waals surface area contributed by atoms with Crippen molar-refractivity contribution in [3.63, 3.8) is 0 Å². The Morgan fingerprint density at radius 2 is 1.42 bits per heavy atom. The van der Waals surface area contributed by atoms with Gasteiger partial charge in [-0.1, -0.05) is 74.4 Å². The molecule has 0 amide bonds. The normalized spacial score (nSPS) is 15.4. The lowest BCUT2D eigenvalue weighted by Crippen LogP contribution is -2.18. The van der Waals surface area contributed by atoms with Crippen LogP contribution in [0.1, 0.15) is 126 Å². The molecule has 2 N–H and O–H groups in total. The van der Waals surface area contributed by atoms with Gasteiger partial charge in [0.2, 0.25) is 0 Å². The Kier molecular flexibility index (Phi) is 5.97. The summed E-state index contributed by atoms with van der Waals surface area (Å²) in [5, 5.41) is 11.0. The fourth-order valence-electron chi connectivity index (χ4n) is 4.19. The first-order valence-electron chi connectivity index (χ1n) is 11.7. The molecule has 1 heterocycles. The van der Waals surface area contributed by atoms with Crippen LogP contribution in [0.15, 0.2) is 18.2 Å². The van der Waals surface area contributed by atoms with Crippen molar-refractivity contribution < 1.29 is 9.90 Å². The maximum absolute atomic E-state index is 13.3. The second-order valence-electron chi connectivity index (χ2n) is 12.5. The van der Waals surface area contributed by atoms with Gasteiger partial charge >= 0.3 is 0 Å². The molecule has 0 atom stereocenters. The highest BCUT2D eigenvalue weighted by molar-refractivity contribution is 5.96. The molecule has 0 bridgehead atoms. The summed E-state index contributed by atoms with van der Waals surface area (Å²) in [7, 11) is 0. The van der Waals surface area contributed by atoms with E-state index in [2.05, 4.69) is 85.5 Å². The molecule has 0 aliphatic heterocycles. The molecule has 0 spiro atoms. The van der Waals surface area contributed by atoms with Crippen molar-refractivity contribution >= 4 is 5.78 Å². The molecule has 3 nitrogen and oxygen atoms in total. The van der Waals surface area contributed by atoms with E-state index < -0.39 is 0 Å². The molecule has 31 heavy (non-hydrogen) atoms. The first kappa shape index (κ1) is 23.6. The average molecular weight is 424 g/mol. The van der Waals surface area contributed by atoms with Crippen molar-refractivity contribution in [1.82, 2.24) is 4.98 Å². The number of phenols is 1.